The Morgan fingerprint density at radius 3 is 2.68 bits per heavy atom. The Morgan fingerprint density at radius 2 is 2.00 bits per heavy atom. The van der Waals surface area contributed by atoms with Gasteiger partial charge in [0, 0.05) is 50.9 Å². The maximum Gasteiger partial charge on any atom is 0.328 e. The summed E-state index contributed by atoms with van der Waals surface area (Å²) in [6.07, 6.45) is 3.94. The fourth-order valence-corrected chi connectivity index (χ4v) is 3.34. The van der Waals surface area contributed by atoms with E-state index in [0.717, 1.165) is 30.0 Å². The first kappa shape index (κ1) is 19.9. The number of benzene rings is 2. The Balaban J connectivity index is 1.70. The molecule has 0 spiro atoms. The predicted molar refractivity (Wildman–Crippen MR) is 104 cm³/mol. The van der Waals surface area contributed by atoms with Crippen molar-refractivity contribution in [3.05, 3.63) is 65.2 Å². The van der Waals surface area contributed by atoms with Crippen molar-refractivity contribution in [3.8, 4) is 11.5 Å². The van der Waals surface area contributed by atoms with Crippen LogP contribution < -0.4 is 4.74 Å². The highest BCUT2D eigenvalue weighted by molar-refractivity contribution is 5.85. The summed E-state index contributed by atoms with van der Waals surface area (Å²) in [7, 11) is 1.73. The van der Waals surface area contributed by atoms with Gasteiger partial charge in [0.15, 0.2) is 0 Å². The summed E-state index contributed by atoms with van der Waals surface area (Å²) in [6.45, 7) is 1.70. The average Bonchev–Trinajstić information content (AvgIpc) is 2.72. The topological polar surface area (TPSA) is 85.2 Å². The molecule has 1 aliphatic heterocycles. The summed E-state index contributed by atoms with van der Waals surface area (Å²) >= 11 is 0. The lowest BCUT2D eigenvalue weighted by Gasteiger charge is -2.36. The van der Waals surface area contributed by atoms with Crippen LogP contribution in [-0.4, -0.2) is 36.5 Å². The summed E-state index contributed by atoms with van der Waals surface area (Å²) in [5.41, 5.74) is 2.19. The van der Waals surface area contributed by atoms with E-state index in [-0.39, 0.29) is 11.4 Å². The molecule has 2 aromatic rings. The molecule has 0 atom stereocenters. The fraction of sp³-hybridized carbons (Fsp3) is 0.318. The van der Waals surface area contributed by atoms with Crippen molar-refractivity contribution >= 4 is 12.0 Å². The zero-order chi connectivity index (χ0) is 20.0. The summed E-state index contributed by atoms with van der Waals surface area (Å²) < 4.78 is 17.1. The van der Waals surface area contributed by atoms with Gasteiger partial charge in [-0.05, 0) is 35.4 Å². The number of carbonyl (C=O) groups is 1. The first-order valence-electron chi connectivity index (χ1n) is 9.11. The van der Waals surface area contributed by atoms with Crippen LogP contribution in [0.5, 0.6) is 11.5 Å². The summed E-state index contributed by atoms with van der Waals surface area (Å²) in [5, 5.41) is 18.7. The van der Waals surface area contributed by atoms with Gasteiger partial charge in [-0.25, -0.2) is 4.79 Å². The number of carboxylic acids is 1. The van der Waals surface area contributed by atoms with Crippen molar-refractivity contribution < 1.29 is 29.2 Å². The van der Waals surface area contributed by atoms with Crippen LogP contribution in [0, 0.1) is 0 Å². The molecular formula is C22H24O6. The SMILES string of the molecule is COC1(c2cccc(COc3ccc(/C=C/C(=O)O)c(O)c3)c2)CCOCC1. The Bertz CT molecular complexity index is 852. The molecule has 2 N–H and O–H groups in total. The third kappa shape index (κ3) is 4.71. The van der Waals surface area contributed by atoms with Gasteiger partial charge in [0.25, 0.3) is 0 Å². The number of rotatable bonds is 7. The number of ether oxygens (including phenoxy) is 3. The molecule has 0 unspecified atom stereocenters. The minimum atomic E-state index is -1.07. The van der Waals surface area contributed by atoms with Gasteiger partial charge >= 0.3 is 5.97 Å². The zero-order valence-corrected chi connectivity index (χ0v) is 15.8. The van der Waals surface area contributed by atoms with Gasteiger partial charge in [-0.2, -0.15) is 0 Å². The van der Waals surface area contributed by atoms with Crippen LogP contribution in [0.1, 0.15) is 29.5 Å². The van der Waals surface area contributed by atoms with Gasteiger partial charge < -0.3 is 24.4 Å². The van der Waals surface area contributed by atoms with Gasteiger partial charge in [0.1, 0.15) is 18.1 Å². The summed E-state index contributed by atoms with van der Waals surface area (Å²) in [5.74, 6) is -0.606. The molecule has 3 rings (SSSR count). The van der Waals surface area contributed by atoms with E-state index in [9.17, 15) is 9.90 Å². The van der Waals surface area contributed by atoms with Crippen molar-refractivity contribution in [3.63, 3.8) is 0 Å². The first-order valence-corrected chi connectivity index (χ1v) is 9.11. The van der Waals surface area contributed by atoms with E-state index in [1.165, 1.54) is 12.1 Å². The second kappa shape index (κ2) is 8.91. The minimum Gasteiger partial charge on any atom is -0.507 e. The van der Waals surface area contributed by atoms with Crippen LogP contribution in [0.3, 0.4) is 0 Å². The van der Waals surface area contributed by atoms with Crippen molar-refractivity contribution in [2.75, 3.05) is 20.3 Å². The molecule has 0 aliphatic carbocycles. The highest BCUT2D eigenvalue weighted by Gasteiger charge is 2.34. The third-order valence-corrected chi connectivity index (χ3v) is 4.96. The maximum absolute atomic E-state index is 10.6. The van der Waals surface area contributed by atoms with Crippen LogP contribution in [0.4, 0.5) is 0 Å². The van der Waals surface area contributed by atoms with E-state index < -0.39 is 5.97 Å². The molecule has 0 bridgehead atoms. The molecule has 28 heavy (non-hydrogen) atoms. The van der Waals surface area contributed by atoms with E-state index in [2.05, 4.69) is 12.1 Å². The van der Waals surface area contributed by atoms with Crippen LogP contribution in [-0.2, 0) is 26.5 Å². The number of carboxylic acid groups (broad SMARTS) is 1. The lowest BCUT2D eigenvalue weighted by Crippen LogP contribution is -2.35. The molecule has 1 saturated heterocycles. The highest BCUT2D eigenvalue weighted by Crippen LogP contribution is 2.36. The van der Waals surface area contributed by atoms with Crippen LogP contribution in [0.25, 0.3) is 6.08 Å². The quantitative estimate of drug-likeness (QED) is 0.708. The van der Waals surface area contributed by atoms with Crippen LogP contribution in [0.2, 0.25) is 0 Å². The Kier molecular flexibility index (Phi) is 6.34. The largest absolute Gasteiger partial charge is 0.507 e. The molecule has 1 fully saturated rings. The van der Waals surface area contributed by atoms with Crippen molar-refractivity contribution in [1.82, 2.24) is 0 Å². The van der Waals surface area contributed by atoms with E-state index in [0.29, 0.717) is 31.1 Å². The minimum absolute atomic E-state index is 0.0377. The zero-order valence-electron chi connectivity index (χ0n) is 15.8. The molecule has 1 aliphatic rings. The lowest BCUT2D eigenvalue weighted by atomic mass is 9.85. The van der Waals surface area contributed by atoms with E-state index in [1.54, 1.807) is 19.2 Å². The molecule has 1 heterocycles. The monoisotopic (exact) mass is 384 g/mol. The van der Waals surface area contributed by atoms with E-state index in [4.69, 9.17) is 19.3 Å². The first-order chi connectivity index (χ1) is 13.5. The molecule has 6 heteroatoms. The highest BCUT2D eigenvalue weighted by atomic mass is 16.5. The second-order valence-corrected chi connectivity index (χ2v) is 6.69. The molecule has 0 radical (unpaired) electrons. The fourth-order valence-electron chi connectivity index (χ4n) is 3.34. The number of phenolic OH excluding ortho intramolecular Hbond substituents is 1. The normalized spacial score (nSPS) is 16.2. The second-order valence-electron chi connectivity index (χ2n) is 6.69. The summed E-state index contributed by atoms with van der Waals surface area (Å²) in [6, 6.07) is 12.9. The Hall–Kier alpha value is -2.83. The van der Waals surface area contributed by atoms with Crippen LogP contribution >= 0.6 is 0 Å². The van der Waals surface area contributed by atoms with Crippen molar-refractivity contribution in [2.45, 2.75) is 25.0 Å². The average molecular weight is 384 g/mol. The van der Waals surface area contributed by atoms with Gasteiger partial charge in [-0.15, -0.1) is 0 Å². The van der Waals surface area contributed by atoms with Gasteiger partial charge in [0.05, 0.1) is 5.60 Å². The molecular weight excluding hydrogens is 360 g/mol. The molecule has 6 nitrogen and oxygen atoms in total. The molecule has 2 aromatic carbocycles. The maximum atomic E-state index is 10.6. The molecule has 0 aromatic heterocycles. The smallest absolute Gasteiger partial charge is 0.328 e. The molecule has 0 saturated carbocycles. The number of phenols is 1. The summed E-state index contributed by atoms with van der Waals surface area (Å²) in [4.78, 5) is 10.6. The number of aromatic hydroxyl groups is 1. The third-order valence-electron chi connectivity index (χ3n) is 4.96. The molecule has 148 valence electrons. The van der Waals surface area contributed by atoms with Gasteiger partial charge in [-0.1, -0.05) is 18.2 Å². The number of aliphatic carboxylic acids is 1. The predicted octanol–water partition coefficient (Wildman–Crippen LogP) is 3.72. The van der Waals surface area contributed by atoms with Gasteiger partial charge in [0.2, 0.25) is 0 Å². The van der Waals surface area contributed by atoms with Gasteiger partial charge in [-0.3, -0.25) is 0 Å². The number of methoxy groups -OCH3 is 1. The molecule has 0 amide bonds. The Morgan fingerprint density at radius 1 is 1.21 bits per heavy atom. The van der Waals surface area contributed by atoms with Crippen molar-refractivity contribution in [1.29, 1.82) is 0 Å². The number of hydrogen-bond donors (Lipinski definition) is 2. The number of hydrogen-bond acceptors (Lipinski definition) is 5. The van der Waals surface area contributed by atoms with Crippen molar-refractivity contribution in [2.24, 2.45) is 0 Å². The van der Waals surface area contributed by atoms with E-state index in [1.807, 2.05) is 12.1 Å². The van der Waals surface area contributed by atoms with E-state index >= 15 is 0 Å². The Labute approximate surface area is 164 Å². The standard InChI is InChI=1S/C22H24O6/c1-26-22(9-11-27-12-10-22)18-4-2-3-16(13-18)15-28-19-7-5-17(20(23)14-19)6-8-21(24)25/h2-8,13-14,23H,9-12,15H2,1H3,(H,24,25)/b8-6+. The lowest BCUT2D eigenvalue weighted by molar-refractivity contribution is -0.131. The van der Waals surface area contributed by atoms with Crippen LogP contribution in [0.15, 0.2) is 48.5 Å².